The van der Waals surface area contributed by atoms with Crippen molar-refractivity contribution in [1.82, 2.24) is 9.88 Å². The molecule has 1 aliphatic heterocycles. The highest BCUT2D eigenvalue weighted by molar-refractivity contribution is 5.95. The standard InChI is InChI=1S/C23H23N3O3/c1-28-20-7-8-22(29-2)21(12-20)25-19-11-18(13-24-14-19)23(27)26-10-9-16-5-3-4-6-17(16)15-26/h3-8,11-14,25H,9-10,15H2,1-2H3. The third-order valence-electron chi connectivity index (χ3n) is 5.09. The largest absolute Gasteiger partial charge is 0.497 e. The Labute approximate surface area is 170 Å². The Bertz CT molecular complexity index is 1040. The summed E-state index contributed by atoms with van der Waals surface area (Å²) in [6.45, 7) is 1.33. The molecule has 0 aliphatic carbocycles. The van der Waals surface area contributed by atoms with Crippen LogP contribution < -0.4 is 14.8 Å². The van der Waals surface area contributed by atoms with Gasteiger partial charge in [0.1, 0.15) is 11.5 Å². The molecule has 0 fully saturated rings. The van der Waals surface area contributed by atoms with Gasteiger partial charge >= 0.3 is 0 Å². The molecule has 0 saturated heterocycles. The first kappa shape index (κ1) is 18.8. The molecule has 1 N–H and O–H groups in total. The van der Waals surface area contributed by atoms with Gasteiger partial charge in [0.25, 0.3) is 5.91 Å². The SMILES string of the molecule is COc1ccc(OC)c(Nc2cncc(C(=O)N3CCc4ccccc4C3)c2)c1. The molecule has 1 aliphatic rings. The maximum absolute atomic E-state index is 13.1. The molecule has 6 nitrogen and oxygen atoms in total. The zero-order chi connectivity index (χ0) is 20.2. The van der Waals surface area contributed by atoms with E-state index in [0.717, 1.165) is 12.1 Å². The fourth-order valence-corrected chi connectivity index (χ4v) is 3.54. The van der Waals surface area contributed by atoms with Crippen molar-refractivity contribution in [2.75, 3.05) is 26.1 Å². The molecule has 29 heavy (non-hydrogen) atoms. The number of hydrogen-bond acceptors (Lipinski definition) is 5. The number of amides is 1. The molecule has 0 atom stereocenters. The van der Waals surface area contributed by atoms with Gasteiger partial charge in [0.15, 0.2) is 0 Å². The monoisotopic (exact) mass is 389 g/mol. The molecule has 0 saturated carbocycles. The molecule has 3 aromatic rings. The second-order valence-corrected chi connectivity index (χ2v) is 6.90. The minimum atomic E-state index is -0.0201. The van der Waals surface area contributed by atoms with E-state index >= 15 is 0 Å². The topological polar surface area (TPSA) is 63.7 Å². The minimum absolute atomic E-state index is 0.0201. The molecule has 1 aromatic heterocycles. The summed E-state index contributed by atoms with van der Waals surface area (Å²) >= 11 is 0. The number of rotatable bonds is 5. The van der Waals surface area contributed by atoms with Crippen LogP contribution in [0.3, 0.4) is 0 Å². The Morgan fingerprint density at radius 1 is 1.03 bits per heavy atom. The van der Waals surface area contributed by atoms with Crippen LogP contribution in [0.1, 0.15) is 21.5 Å². The first-order valence-electron chi connectivity index (χ1n) is 9.48. The fraction of sp³-hybridized carbons (Fsp3) is 0.217. The van der Waals surface area contributed by atoms with Crippen molar-refractivity contribution in [1.29, 1.82) is 0 Å². The average Bonchev–Trinajstić information content (AvgIpc) is 2.78. The van der Waals surface area contributed by atoms with Gasteiger partial charge < -0.3 is 19.7 Å². The van der Waals surface area contributed by atoms with E-state index in [1.54, 1.807) is 26.6 Å². The highest BCUT2D eigenvalue weighted by Gasteiger charge is 2.22. The highest BCUT2D eigenvalue weighted by Crippen LogP contribution is 2.31. The van der Waals surface area contributed by atoms with Crippen LogP contribution in [0.15, 0.2) is 60.9 Å². The van der Waals surface area contributed by atoms with Crippen LogP contribution in [0.5, 0.6) is 11.5 Å². The Hall–Kier alpha value is -3.54. The molecule has 2 aromatic carbocycles. The highest BCUT2D eigenvalue weighted by atomic mass is 16.5. The van der Waals surface area contributed by atoms with Crippen molar-refractivity contribution in [2.24, 2.45) is 0 Å². The predicted octanol–water partition coefficient (Wildman–Crippen LogP) is 4.04. The molecule has 4 rings (SSSR count). The van der Waals surface area contributed by atoms with E-state index in [4.69, 9.17) is 9.47 Å². The lowest BCUT2D eigenvalue weighted by Crippen LogP contribution is -2.36. The Morgan fingerprint density at radius 2 is 1.86 bits per heavy atom. The summed E-state index contributed by atoms with van der Waals surface area (Å²) in [5.41, 5.74) is 4.52. The number of ether oxygens (including phenoxy) is 2. The van der Waals surface area contributed by atoms with Crippen molar-refractivity contribution in [3.63, 3.8) is 0 Å². The molecule has 148 valence electrons. The van der Waals surface area contributed by atoms with Gasteiger partial charge in [-0.05, 0) is 35.7 Å². The number of nitrogens with zero attached hydrogens (tertiary/aromatic N) is 2. The third-order valence-corrected chi connectivity index (χ3v) is 5.09. The fourth-order valence-electron chi connectivity index (χ4n) is 3.54. The lowest BCUT2D eigenvalue weighted by atomic mass is 9.99. The molecule has 0 unspecified atom stereocenters. The number of carbonyl (C=O) groups excluding carboxylic acids is 1. The molecule has 6 heteroatoms. The number of nitrogens with one attached hydrogen (secondary N) is 1. The molecule has 0 bridgehead atoms. The summed E-state index contributed by atoms with van der Waals surface area (Å²) in [6.07, 6.45) is 4.16. The molecular formula is C23H23N3O3. The molecule has 2 heterocycles. The smallest absolute Gasteiger partial charge is 0.255 e. The van der Waals surface area contributed by atoms with E-state index in [1.165, 1.54) is 11.1 Å². The zero-order valence-corrected chi connectivity index (χ0v) is 16.5. The maximum atomic E-state index is 13.1. The number of hydrogen-bond donors (Lipinski definition) is 1. The molecule has 0 radical (unpaired) electrons. The van der Waals surface area contributed by atoms with E-state index < -0.39 is 0 Å². The minimum Gasteiger partial charge on any atom is -0.497 e. The number of carbonyl (C=O) groups is 1. The normalized spacial score (nSPS) is 12.8. The van der Waals surface area contributed by atoms with E-state index in [-0.39, 0.29) is 5.91 Å². The van der Waals surface area contributed by atoms with Gasteiger partial charge in [-0.1, -0.05) is 24.3 Å². The Morgan fingerprint density at radius 3 is 2.66 bits per heavy atom. The molecule has 1 amide bonds. The van der Waals surface area contributed by atoms with Crippen molar-refractivity contribution in [3.05, 3.63) is 77.6 Å². The number of anilines is 2. The number of aromatic nitrogens is 1. The lowest BCUT2D eigenvalue weighted by Gasteiger charge is -2.29. The van der Waals surface area contributed by atoms with Crippen molar-refractivity contribution >= 4 is 17.3 Å². The van der Waals surface area contributed by atoms with E-state index in [9.17, 15) is 4.79 Å². The summed E-state index contributed by atoms with van der Waals surface area (Å²) < 4.78 is 10.7. The Balaban J connectivity index is 1.54. The van der Waals surface area contributed by atoms with Crippen molar-refractivity contribution < 1.29 is 14.3 Å². The van der Waals surface area contributed by atoms with Crippen LogP contribution in [-0.4, -0.2) is 36.6 Å². The average molecular weight is 389 g/mol. The van der Waals surface area contributed by atoms with Crippen LogP contribution in [0.25, 0.3) is 0 Å². The zero-order valence-electron chi connectivity index (χ0n) is 16.5. The van der Waals surface area contributed by atoms with Gasteiger partial charge in [-0.15, -0.1) is 0 Å². The van der Waals surface area contributed by atoms with Crippen LogP contribution in [0.4, 0.5) is 11.4 Å². The number of fused-ring (bicyclic) bond motifs is 1. The van der Waals surface area contributed by atoms with Gasteiger partial charge in [-0.3, -0.25) is 9.78 Å². The van der Waals surface area contributed by atoms with Crippen LogP contribution in [0, 0.1) is 0 Å². The summed E-state index contributed by atoms with van der Waals surface area (Å²) in [6, 6.07) is 15.6. The van der Waals surface area contributed by atoms with Crippen molar-refractivity contribution in [2.45, 2.75) is 13.0 Å². The van der Waals surface area contributed by atoms with E-state index in [0.29, 0.717) is 35.8 Å². The number of methoxy groups -OCH3 is 2. The van der Waals surface area contributed by atoms with Gasteiger partial charge in [-0.25, -0.2) is 0 Å². The van der Waals surface area contributed by atoms with Crippen LogP contribution >= 0.6 is 0 Å². The second kappa shape index (κ2) is 8.22. The summed E-state index contributed by atoms with van der Waals surface area (Å²) in [7, 11) is 3.22. The van der Waals surface area contributed by atoms with Crippen LogP contribution in [-0.2, 0) is 13.0 Å². The number of benzene rings is 2. The summed E-state index contributed by atoms with van der Waals surface area (Å²) in [5, 5.41) is 3.27. The predicted molar refractivity (Wildman–Crippen MR) is 112 cm³/mol. The first-order valence-corrected chi connectivity index (χ1v) is 9.48. The second-order valence-electron chi connectivity index (χ2n) is 6.90. The molecule has 0 spiro atoms. The van der Waals surface area contributed by atoms with E-state index in [1.807, 2.05) is 41.3 Å². The van der Waals surface area contributed by atoms with Gasteiger partial charge in [-0.2, -0.15) is 0 Å². The lowest BCUT2D eigenvalue weighted by molar-refractivity contribution is 0.0734. The van der Waals surface area contributed by atoms with Crippen molar-refractivity contribution in [3.8, 4) is 11.5 Å². The maximum Gasteiger partial charge on any atom is 0.255 e. The third kappa shape index (κ3) is 4.01. The van der Waals surface area contributed by atoms with Gasteiger partial charge in [0, 0.05) is 25.4 Å². The number of pyridine rings is 1. The summed E-state index contributed by atoms with van der Waals surface area (Å²) in [4.78, 5) is 19.2. The van der Waals surface area contributed by atoms with Gasteiger partial charge in [0.05, 0.1) is 37.4 Å². The van der Waals surface area contributed by atoms with Gasteiger partial charge in [0.2, 0.25) is 0 Å². The van der Waals surface area contributed by atoms with Crippen LogP contribution in [0.2, 0.25) is 0 Å². The summed E-state index contributed by atoms with van der Waals surface area (Å²) in [5.74, 6) is 1.36. The Kier molecular flexibility index (Phi) is 5.33. The quantitative estimate of drug-likeness (QED) is 0.713. The first-order chi connectivity index (χ1) is 14.2. The molecular weight excluding hydrogens is 366 g/mol. The van der Waals surface area contributed by atoms with E-state index in [2.05, 4.69) is 22.4 Å².